The second-order valence-corrected chi connectivity index (χ2v) is 4.81. The van der Waals surface area contributed by atoms with Crippen LogP contribution in [0, 0.1) is 21.8 Å². The van der Waals surface area contributed by atoms with Gasteiger partial charge in [-0.2, -0.15) is 0 Å². The highest BCUT2D eigenvalue weighted by Gasteiger charge is 2.23. The maximum Gasteiger partial charge on any atom is 0.338 e. The Morgan fingerprint density at radius 1 is 1.50 bits per heavy atom. The molecule has 1 rings (SSSR count). The van der Waals surface area contributed by atoms with E-state index in [0.717, 1.165) is 12.1 Å². The van der Waals surface area contributed by atoms with Crippen molar-refractivity contribution in [3.63, 3.8) is 0 Å². The summed E-state index contributed by atoms with van der Waals surface area (Å²) in [4.78, 5) is 21.1. The largest absolute Gasteiger partial charge is 0.478 e. The molecule has 6 nitrogen and oxygen atoms in total. The summed E-state index contributed by atoms with van der Waals surface area (Å²) < 4.78 is 13.7. The first-order chi connectivity index (χ1) is 9.27. The minimum absolute atomic E-state index is 0.00181. The maximum atomic E-state index is 13.7. The molecular weight excluding hydrogens is 267 g/mol. The first-order valence-electron chi connectivity index (χ1n) is 6.25. The highest BCUT2D eigenvalue weighted by Crippen LogP contribution is 2.29. The summed E-state index contributed by atoms with van der Waals surface area (Å²) in [6, 6.07) is 1.54. The van der Waals surface area contributed by atoms with E-state index in [9.17, 15) is 19.3 Å². The summed E-state index contributed by atoms with van der Waals surface area (Å²) in [6.45, 7) is 5.79. The van der Waals surface area contributed by atoms with E-state index in [1.54, 1.807) is 0 Å². The van der Waals surface area contributed by atoms with Gasteiger partial charge in [0.05, 0.1) is 4.92 Å². The highest BCUT2D eigenvalue weighted by atomic mass is 19.1. The number of nitro benzene ring substituents is 1. The van der Waals surface area contributed by atoms with Crippen LogP contribution < -0.4 is 5.32 Å². The number of nitrogens with zero attached hydrogens (tertiary/aromatic N) is 1. The van der Waals surface area contributed by atoms with Crippen LogP contribution in [0.2, 0.25) is 0 Å². The molecule has 0 saturated carbocycles. The Morgan fingerprint density at radius 3 is 2.50 bits per heavy atom. The van der Waals surface area contributed by atoms with Crippen LogP contribution in [-0.4, -0.2) is 22.0 Å². The normalized spacial score (nSPS) is 12.2. The van der Waals surface area contributed by atoms with Crippen molar-refractivity contribution in [3.8, 4) is 0 Å². The highest BCUT2D eigenvalue weighted by molar-refractivity contribution is 5.90. The molecule has 1 atom stereocenters. The van der Waals surface area contributed by atoms with Crippen LogP contribution in [0.3, 0.4) is 0 Å². The number of hydrogen-bond donors (Lipinski definition) is 2. The monoisotopic (exact) mass is 284 g/mol. The van der Waals surface area contributed by atoms with Gasteiger partial charge in [-0.25, -0.2) is 9.18 Å². The van der Waals surface area contributed by atoms with Crippen molar-refractivity contribution in [3.05, 3.63) is 33.6 Å². The number of hydrogen-bond acceptors (Lipinski definition) is 4. The van der Waals surface area contributed by atoms with Crippen LogP contribution in [0.15, 0.2) is 12.1 Å². The molecule has 0 amide bonds. The molecule has 0 bridgehead atoms. The third-order valence-corrected chi connectivity index (χ3v) is 3.10. The number of nitrogens with one attached hydrogen (secondary N) is 1. The minimum atomic E-state index is -1.53. The molecule has 0 aliphatic carbocycles. The standard InChI is InChI=1S/C13H17FN2O4/c1-4-10(7(2)3)15-11-6-9(14)8(13(17)18)5-12(11)16(19)20/h5-7,10,15H,4H2,1-3H3,(H,17,18). The zero-order valence-electron chi connectivity index (χ0n) is 11.5. The van der Waals surface area contributed by atoms with Crippen molar-refractivity contribution < 1.29 is 19.2 Å². The number of nitro groups is 1. The van der Waals surface area contributed by atoms with Crippen molar-refractivity contribution in [2.24, 2.45) is 5.92 Å². The van der Waals surface area contributed by atoms with Crippen LogP contribution in [0.1, 0.15) is 37.6 Å². The average molecular weight is 284 g/mol. The van der Waals surface area contributed by atoms with Crippen molar-refractivity contribution in [2.45, 2.75) is 33.2 Å². The number of carbonyl (C=O) groups is 1. The van der Waals surface area contributed by atoms with Gasteiger partial charge in [-0.3, -0.25) is 10.1 Å². The van der Waals surface area contributed by atoms with Crippen LogP contribution in [0.5, 0.6) is 0 Å². The van der Waals surface area contributed by atoms with Crippen LogP contribution in [0.4, 0.5) is 15.8 Å². The maximum absolute atomic E-state index is 13.7. The van der Waals surface area contributed by atoms with Crippen molar-refractivity contribution in [1.29, 1.82) is 0 Å². The van der Waals surface area contributed by atoms with Gasteiger partial charge in [0, 0.05) is 18.2 Å². The second-order valence-electron chi connectivity index (χ2n) is 4.81. The Hall–Kier alpha value is -2.18. The molecule has 2 N–H and O–H groups in total. The first kappa shape index (κ1) is 15.9. The molecule has 0 aliphatic rings. The molecule has 1 aromatic carbocycles. The second kappa shape index (κ2) is 6.31. The lowest BCUT2D eigenvalue weighted by Crippen LogP contribution is -2.25. The molecule has 0 heterocycles. The van der Waals surface area contributed by atoms with Gasteiger partial charge in [-0.05, 0) is 12.3 Å². The molecule has 20 heavy (non-hydrogen) atoms. The van der Waals surface area contributed by atoms with E-state index in [1.165, 1.54) is 0 Å². The molecule has 1 unspecified atom stereocenters. The van der Waals surface area contributed by atoms with Gasteiger partial charge >= 0.3 is 5.97 Å². The lowest BCUT2D eigenvalue weighted by Gasteiger charge is -2.22. The van der Waals surface area contributed by atoms with Crippen LogP contribution >= 0.6 is 0 Å². The number of aromatic carboxylic acids is 1. The summed E-state index contributed by atoms with van der Waals surface area (Å²) in [7, 11) is 0. The van der Waals surface area contributed by atoms with E-state index in [2.05, 4.69) is 5.32 Å². The fourth-order valence-corrected chi connectivity index (χ4v) is 1.93. The fraction of sp³-hybridized carbons (Fsp3) is 0.462. The first-order valence-corrected chi connectivity index (χ1v) is 6.25. The summed E-state index contributed by atoms with van der Waals surface area (Å²) in [5, 5.41) is 22.7. The van der Waals surface area contributed by atoms with Gasteiger partial charge in [0.15, 0.2) is 0 Å². The molecule has 7 heteroatoms. The van der Waals surface area contributed by atoms with Gasteiger partial charge in [0.2, 0.25) is 0 Å². The molecule has 0 radical (unpaired) electrons. The number of carboxylic acid groups (broad SMARTS) is 1. The van der Waals surface area contributed by atoms with E-state index in [0.29, 0.717) is 6.42 Å². The summed E-state index contributed by atoms with van der Waals surface area (Å²) >= 11 is 0. The van der Waals surface area contributed by atoms with E-state index in [-0.39, 0.29) is 17.6 Å². The molecule has 0 spiro atoms. The smallest absolute Gasteiger partial charge is 0.338 e. The fourth-order valence-electron chi connectivity index (χ4n) is 1.93. The molecule has 0 fully saturated rings. The third-order valence-electron chi connectivity index (χ3n) is 3.10. The van der Waals surface area contributed by atoms with E-state index >= 15 is 0 Å². The summed E-state index contributed by atoms with van der Waals surface area (Å²) in [5.41, 5.74) is -1.15. The number of carboxylic acids is 1. The number of halogens is 1. The van der Waals surface area contributed by atoms with Crippen molar-refractivity contribution >= 4 is 17.3 Å². The quantitative estimate of drug-likeness (QED) is 0.617. The molecule has 1 aromatic rings. The lowest BCUT2D eigenvalue weighted by molar-refractivity contribution is -0.384. The molecule has 110 valence electrons. The van der Waals surface area contributed by atoms with Crippen LogP contribution in [0.25, 0.3) is 0 Å². The average Bonchev–Trinajstić information content (AvgIpc) is 2.34. The lowest BCUT2D eigenvalue weighted by atomic mass is 10.0. The van der Waals surface area contributed by atoms with Gasteiger partial charge in [0.25, 0.3) is 5.69 Å². The zero-order chi connectivity index (χ0) is 15.4. The van der Waals surface area contributed by atoms with Gasteiger partial charge in [0.1, 0.15) is 17.1 Å². The van der Waals surface area contributed by atoms with Crippen molar-refractivity contribution in [1.82, 2.24) is 0 Å². The van der Waals surface area contributed by atoms with Gasteiger partial charge in [-0.15, -0.1) is 0 Å². The van der Waals surface area contributed by atoms with E-state index in [4.69, 9.17) is 5.11 Å². The Kier molecular flexibility index (Phi) is 5.01. The predicted octanol–water partition coefficient (Wildman–Crippen LogP) is 3.28. The Labute approximate surface area is 115 Å². The molecule has 0 aliphatic heterocycles. The number of benzene rings is 1. The Bertz CT molecular complexity index is 531. The topological polar surface area (TPSA) is 92.5 Å². The van der Waals surface area contributed by atoms with Crippen molar-refractivity contribution in [2.75, 3.05) is 5.32 Å². The van der Waals surface area contributed by atoms with E-state index < -0.39 is 28.0 Å². The third kappa shape index (κ3) is 3.43. The Morgan fingerprint density at radius 2 is 2.10 bits per heavy atom. The van der Waals surface area contributed by atoms with Crippen LogP contribution in [-0.2, 0) is 0 Å². The summed E-state index contributed by atoms with van der Waals surface area (Å²) in [5.74, 6) is -2.33. The molecule has 0 aromatic heterocycles. The molecular formula is C13H17FN2O4. The van der Waals surface area contributed by atoms with Gasteiger partial charge in [-0.1, -0.05) is 20.8 Å². The number of rotatable bonds is 6. The van der Waals surface area contributed by atoms with Gasteiger partial charge < -0.3 is 10.4 Å². The zero-order valence-corrected chi connectivity index (χ0v) is 11.5. The predicted molar refractivity (Wildman–Crippen MR) is 72.6 cm³/mol. The number of anilines is 1. The van der Waals surface area contributed by atoms with E-state index in [1.807, 2.05) is 20.8 Å². The minimum Gasteiger partial charge on any atom is -0.478 e. The molecule has 0 saturated heterocycles. The summed E-state index contributed by atoms with van der Waals surface area (Å²) in [6.07, 6.45) is 0.705. The SMILES string of the molecule is CCC(Nc1cc(F)c(C(=O)O)cc1[N+](=O)[O-])C(C)C. The Balaban J connectivity index is 3.28.